The van der Waals surface area contributed by atoms with Crippen LogP contribution in [0.15, 0.2) is 29.2 Å². The molecule has 0 aliphatic carbocycles. The van der Waals surface area contributed by atoms with Crippen LogP contribution in [0.1, 0.15) is 48.1 Å². The molecular formula is C20H22ClNO5. The van der Waals surface area contributed by atoms with Crippen molar-refractivity contribution in [3.05, 3.63) is 50.8 Å². The zero-order valence-electron chi connectivity index (χ0n) is 15.5. The molecule has 0 saturated heterocycles. The topological polar surface area (TPSA) is 77.8 Å². The Hall–Kier alpha value is -2.31. The summed E-state index contributed by atoms with van der Waals surface area (Å²) in [4.78, 5) is 23.7. The van der Waals surface area contributed by atoms with Crippen molar-refractivity contribution >= 4 is 17.6 Å². The number of carboxylic acids is 1. The molecular weight excluding hydrogens is 370 g/mol. The SMILES string of the molecule is CCC1[C@@H](C)c2cc(OCCOC)c(Cl)cc2-c2cc(=O)c(C(=O)O)cn21. The van der Waals surface area contributed by atoms with Crippen LogP contribution >= 0.6 is 11.6 Å². The summed E-state index contributed by atoms with van der Waals surface area (Å²) in [6.07, 6.45) is 2.24. The molecule has 0 saturated carbocycles. The van der Waals surface area contributed by atoms with E-state index in [1.165, 1.54) is 12.3 Å². The third kappa shape index (κ3) is 3.47. The first-order valence-electron chi connectivity index (χ1n) is 8.84. The van der Waals surface area contributed by atoms with E-state index in [1.807, 2.05) is 17.6 Å². The molecule has 0 amide bonds. The number of fused-ring (bicyclic) bond motifs is 3. The molecule has 0 bridgehead atoms. The lowest BCUT2D eigenvalue weighted by atomic mass is 9.83. The summed E-state index contributed by atoms with van der Waals surface area (Å²) in [7, 11) is 1.60. The van der Waals surface area contributed by atoms with E-state index in [-0.39, 0.29) is 17.5 Å². The van der Waals surface area contributed by atoms with Crippen LogP contribution in [0.4, 0.5) is 0 Å². The lowest BCUT2D eigenvalue weighted by Crippen LogP contribution is -2.27. The van der Waals surface area contributed by atoms with Crippen molar-refractivity contribution in [2.45, 2.75) is 32.2 Å². The van der Waals surface area contributed by atoms with Crippen LogP contribution in [0.5, 0.6) is 5.75 Å². The third-order valence-electron chi connectivity index (χ3n) is 5.08. The van der Waals surface area contributed by atoms with Gasteiger partial charge in [-0.25, -0.2) is 4.79 Å². The highest BCUT2D eigenvalue weighted by Gasteiger charge is 2.31. The maximum atomic E-state index is 12.3. The molecule has 1 aliphatic rings. The minimum atomic E-state index is -1.22. The first kappa shape index (κ1) is 19.5. The smallest absolute Gasteiger partial charge is 0.341 e. The summed E-state index contributed by atoms with van der Waals surface area (Å²) in [5.41, 5.74) is 1.79. The van der Waals surface area contributed by atoms with Gasteiger partial charge >= 0.3 is 5.97 Å². The largest absolute Gasteiger partial charge is 0.490 e. The van der Waals surface area contributed by atoms with Gasteiger partial charge in [-0.1, -0.05) is 25.4 Å². The Morgan fingerprint density at radius 2 is 2.04 bits per heavy atom. The second-order valence-corrected chi connectivity index (χ2v) is 7.03. The number of aromatic carboxylic acids is 1. The molecule has 0 spiro atoms. The van der Waals surface area contributed by atoms with Gasteiger partial charge in [-0.3, -0.25) is 4.79 Å². The maximum absolute atomic E-state index is 12.3. The molecule has 1 aromatic carbocycles. The number of benzene rings is 1. The van der Waals surface area contributed by atoms with E-state index in [1.54, 1.807) is 13.2 Å². The Balaban J connectivity index is 2.18. The summed E-state index contributed by atoms with van der Waals surface area (Å²) in [6.45, 7) is 4.97. The van der Waals surface area contributed by atoms with Crippen LogP contribution in [0, 0.1) is 0 Å². The Morgan fingerprint density at radius 3 is 2.67 bits per heavy atom. The number of methoxy groups -OCH3 is 1. The highest BCUT2D eigenvalue weighted by molar-refractivity contribution is 6.32. The van der Waals surface area contributed by atoms with Crippen LogP contribution in [0.25, 0.3) is 11.3 Å². The highest BCUT2D eigenvalue weighted by Crippen LogP contribution is 2.46. The second-order valence-electron chi connectivity index (χ2n) is 6.62. The highest BCUT2D eigenvalue weighted by atomic mass is 35.5. The summed E-state index contributed by atoms with van der Waals surface area (Å²) < 4.78 is 12.6. The number of rotatable bonds is 6. The number of pyridine rings is 1. The molecule has 144 valence electrons. The number of hydrogen-bond donors (Lipinski definition) is 1. The van der Waals surface area contributed by atoms with Crippen LogP contribution in [-0.2, 0) is 4.74 Å². The normalized spacial score (nSPS) is 17.9. The van der Waals surface area contributed by atoms with E-state index in [4.69, 9.17) is 21.1 Å². The van der Waals surface area contributed by atoms with E-state index in [2.05, 4.69) is 6.92 Å². The third-order valence-corrected chi connectivity index (χ3v) is 5.37. The summed E-state index contributed by atoms with van der Waals surface area (Å²) in [5.74, 6) is -0.542. The molecule has 2 aromatic rings. The number of hydrogen-bond acceptors (Lipinski definition) is 4. The van der Waals surface area contributed by atoms with Crippen molar-refractivity contribution in [3.8, 4) is 17.0 Å². The van der Waals surface area contributed by atoms with Gasteiger partial charge in [-0.15, -0.1) is 0 Å². The first-order chi connectivity index (χ1) is 12.9. The molecule has 1 aliphatic heterocycles. The van der Waals surface area contributed by atoms with E-state index in [9.17, 15) is 14.7 Å². The lowest BCUT2D eigenvalue weighted by molar-refractivity contribution is 0.0694. The fourth-order valence-corrected chi connectivity index (χ4v) is 3.93. The van der Waals surface area contributed by atoms with Crippen LogP contribution < -0.4 is 10.2 Å². The van der Waals surface area contributed by atoms with Crippen molar-refractivity contribution in [1.82, 2.24) is 4.57 Å². The number of nitrogens with zero attached hydrogens (tertiary/aromatic N) is 1. The fraction of sp³-hybridized carbons (Fsp3) is 0.400. The number of aromatic nitrogens is 1. The minimum absolute atomic E-state index is 0.0270. The van der Waals surface area contributed by atoms with Crippen molar-refractivity contribution in [3.63, 3.8) is 0 Å². The molecule has 0 fully saturated rings. The van der Waals surface area contributed by atoms with Gasteiger partial charge in [0.15, 0.2) is 5.43 Å². The molecule has 27 heavy (non-hydrogen) atoms. The van der Waals surface area contributed by atoms with Crippen LogP contribution in [-0.4, -0.2) is 36.0 Å². The van der Waals surface area contributed by atoms with E-state index in [0.29, 0.717) is 29.7 Å². The van der Waals surface area contributed by atoms with E-state index in [0.717, 1.165) is 17.5 Å². The first-order valence-corrected chi connectivity index (χ1v) is 9.21. The summed E-state index contributed by atoms with van der Waals surface area (Å²) >= 11 is 6.40. The summed E-state index contributed by atoms with van der Waals surface area (Å²) in [5, 5.41) is 9.75. The molecule has 1 N–H and O–H groups in total. The van der Waals surface area contributed by atoms with Gasteiger partial charge in [0.05, 0.1) is 17.3 Å². The van der Waals surface area contributed by atoms with E-state index < -0.39 is 11.4 Å². The van der Waals surface area contributed by atoms with Gasteiger partial charge in [0.1, 0.15) is 17.9 Å². The second kappa shape index (κ2) is 7.74. The monoisotopic (exact) mass is 391 g/mol. The van der Waals surface area contributed by atoms with Crippen molar-refractivity contribution in [2.75, 3.05) is 20.3 Å². The Labute approximate surface area is 162 Å². The number of carbonyl (C=O) groups is 1. The Bertz CT molecular complexity index is 937. The molecule has 3 rings (SSSR count). The van der Waals surface area contributed by atoms with Gasteiger partial charge in [0, 0.05) is 36.9 Å². The Morgan fingerprint density at radius 1 is 1.30 bits per heavy atom. The van der Waals surface area contributed by atoms with Gasteiger partial charge in [0.25, 0.3) is 0 Å². The molecule has 1 unspecified atom stereocenters. The Kier molecular flexibility index (Phi) is 5.58. The fourth-order valence-electron chi connectivity index (χ4n) is 3.71. The average molecular weight is 392 g/mol. The number of carboxylic acid groups (broad SMARTS) is 1. The lowest BCUT2D eigenvalue weighted by Gasteiger charge is -2.35. The van der Waals surface area contributed by atoms with Gasteiger partial charge in [0.2, 0.25) is 0 Å². The molecule has 1 aromatic heterocycles. The van der Waals surface area contributed by atoms with E-state index >= 15 is 0 Å². The van der Waals surface area contributed by atoms with Crippen LogP contribution in [0.3, 0.4) is 0 Å². The van der Waals surface area contributed by atoms with Crippen LogP contribution in [0.2, 0.25) is 5.02 Å². The van der Waals surface area contributed by atoms with Crippen molar-refractivity contribution < 1.29 is 19.4 Å². The van der Waals surface area contributed by atoms with Crippen molar-refractivity contribution in [1.29, 1.82) is 0 Å². The maximum Gasteiger partial charge on any atom is 0.341 e. The van der Waals surface area contributed by atoms with Gasteiger partial charge in [-0.05, 0) is 24.1 Å². The number of ether oxygens (including phenoxy) is 2. The molecule has 6 nitrogen and oxygen atoms in total. The zero-order valence-corrected chi connectivity index (χ0v) is 16.2. The predicted molar refractivity (Wildman–Crippen MR) is 103 cm³/mol. The number of halogens is 1. The summed E-state index contributed by atoms with van der Waals surface area (Å²) in [6, 6.07) is 5.12. The zero-order chi connectivity index (χ0) is 19.7. The standard InChI is InChI=1S/C20H22ClNO5/c1-4-16-11(2)12-8-19(27-6-5-26-3)15(21)7-13(12)17-9-18(23)14(20(24)25)10-22(16)17/h7-11,16H,4-6H2,1-3H3,(H,24,25)/t11-,16?/m0/s1. The van der Waals surface area contributed by atoms with Gasteiger partial charge in [-0.2, -0.15) is 0 Å². The quantitative estimate of drug-likeness (QED) is 0.754. The predicted octanol–water partition coefficient (Wildman–Crippen LogP) is 3.96. The molecule has 7 heteroatoms. The van der Waals surface area contributed by atoms with Crippen molar-refractivity contribution in [2.24, 2.45) is 0 Å². The molecule has 2 atom stereocenters. The molecule has 0 radical (unpaired) electrons. The minimum Gasteiger partial charge on any atom is -0.490 e. The average Bonchev–Trinajstić information content (AvgIpc) is 2.63. The van der Waals surface area contributed by atoms with Gasteiger partial charge < -0.3 is 19.1 Å². The molecule has 2 heterocycles.